The third-order valence-corrected chi connectivity index (χ3v) is 17.7. The van der Waals surface area contributed by atoms with Gasteiger partial charge < -0.3 is 14.7 Å². The van der Waals surface area contributed by atoms with Crippen molar-refractivity contribution in [1.29, 1.82) is 15.8 Å². The lowest BCUT2D eigenvalue weighted by Crippen LogP contribution is -2.47. The van der Waals surface area contributed by atoms with Crippen LogP contribution in [0.15, 0.2) is 146 Å². The number of nitrogens with zero attached hydrogens (tertiary/aromatic N) is 15. The standard InChI is InChI=1S/2C21H20ClN5S.C21H21N5S/c22-19-7-3-16(4-8-19)9-10-26-11-13-27(14-12-26)21-24-20(25-28-21)18-5-1-17(15-23)2-6-18;22-19-6-4-16(5-7-19)8-9-26-10-12-27(13-11-26)21-24-20(25-28-21)18-3-1-2-17(14-18)15-23;1-16-4-2-3-5-19(16)15-25-10-12-26(13-11-25)21-23-20(24-27-21)18-8-6-17(14-22)7-9-18/h1-8H,9-14H2;1-7,14H,8-13H2;2-9H,10-13,15H2,1H3. The normalized spacial score (nSPS) is 14.8. The number of hydrogen-bond donors (Lipinski definition) is 0. The van der Waals surface area contributed by atoms with Crippen LogP contribution in [0.2, 0.25) is 10.0 Å². The molecule has 0 N–H and O–H groups in total. The van der Waals surface area contributed by atoms with Gasteiger partial charge in [0.05, 0.1) is 34.9 Å². The molecule has 83 heavy (non-hydrogen) atoms. The molecule has 0 bridgehead atoms. The summed E-state index contributed by atoms with van der Waals surface area (Å²) in [5, 5.41) is 31.4. The van der Waals surface area contributed by atoms with Crippen LogP contribution in [-0.2, 0) is 19.4 Å². The van der Waals surface area contributed by atoms with E-state index in [1.54, 1.807) is 30.3 Å². The summed E-state index contributed by atoms with van der Waals surface area (Å²) in [7, 11) is 0. The maximum absolute atomic E-state index is 9.06. The summed E-state index contributed by atoms with van der Waals surface area (Å²) in [6.07, 6.45) is 2.08. The highest BCUT2D eigenvalue weighted by Gasteiger charge is 2.24. The van der Waals surface area contributed by atoms with Crippen LogP contribution in [0.25, 0.3) is 34.2 Å². The van der Waals surface area contributed by atoms with E-state index in [9.17, 15) is 0 Å². The van der Waals surface area contributed by atoms with Gasteiger partial charge in [-0.15, -0.1) is 0 Å². The second-order valence-corrected chi connectivity index (χ2v) is 23.4. The number of aryl methyl sites for hydroxylation is 1. The smallest absolute Gasteiger partial charge is 0.205 e. The van der Waals surface area contributed by atoms with Crippen molar-refractivity contribution in [2.75, 3.05) is 106 Å². The van der Waals surface area contributed by atoms with Gasteiger partial charge in [-0.3, -0.25) is 14.7 Å². The summed E-state index contributed by atoms with van der Waals surface area (Å²) in [5.41, 5.74) is 10.1. The fourth-order valence-electron chi connectivity index (χ4n) is 9.83. The van der Waals surface area contributed by atoms with Crippen LogP contribution >= 0.6 is 57.8 Å². The lowest BCUT2D eigenvalue weighted by Gasteiger charge is -2.34. The Hall–Kier alpha value is -7.67. The van der Waals surface area contributed by atoms with E-state index in [2.05, 4.69) is 116 Å². The van der Waals surface area contributed by atoms with Gasteiger partial charge in [0, 0.05) is 160 Å². The molecule has 3 fully saturated rings. The summed E-state index contributed by atoms with van der Waals surface area (Å²) in [6.45, 7) is 17.2. The molecule has 0 spiro atoms. The van der Waals surface area contributed by atoms with Crippen molar-refractivity contribution in [3.63, 3.8) is 0 Å². The second-order valence-electron chi connectivity index (χ2n) is 20.4. The van der Waals surface area contributed by atoms with Crippen LogP contribution in [0.1, 0.15) is 38.9 Å². The van der Waals surface area contributed by atoms with Crippen LogP contribution in [0.5, 0.6) is 0 Å². The van der Waals surface area contributed by atoms with Gasteiger partial charge in [0.25, 0.3) is 0 Å². The Kier molecular flexibility index (Phi) is 20.5. The highest BCUT2D eigenvalue weighted by atomic mass is 35.5. The lowest BCUT2D eigenvalue weighted by atomic mass is 10.1. The zero-order valence-corrected chi connectivity index (χ0v) is 50.0. The fraction of sp³-hybridized carbons (Fsp3) is 0.286. The molecule has 3 aromatic heterocycles. The van der Waals surface area contributed by atoms with Crippen molar-refractivity contribution >= 4 is 73.2 Å². The van der Waals surface area contributed by atoms with Gasteiger partial charge in [-0.25, -0.2) is 0 Å². The summed E-state index contributed by atoms with van der Waals surface area (Å²) in [4.78, 5) is 28.5. The number of halogens is 2. The molecular weight excluding hydrogens is 1130 g/mol. The molecule has 3 saturated heterocycles. The van der Waals surface area contributed by atoms with Gasteiger partial charge in [-0.2, -0.15) is 43.9 Å². The summed E-state index contributed by atoms with van der Waals surface area (Å²) in [6, 6.07) is 53.5. The average molecular weight is 1200 g/mol. The highest BCUT2D eigenvalue weighted by Crippen LogP contribution is 2.29. The van der Waals surface area contributed by atoms with Gasteiger partial charge in [-0.05, 0) is 127 Å². The Morgan fingerprint density at radius 2 is 0.819 bits per heavy atom. The average Bonchev–Trinajstić information content (AvgIpc) is 4.49. The Labute approximate surface area is 508 Å². The maximum Gasteiger partial charge on any atom is 0.205 e. The van der Waals surface area contributed by atoms with E-state index in [0.717, 1.165) is 165 Å². The van der Waals surface area contributed by atoms with E-state index in [1.807, 2.05) is 66.7 Å². The topological polar surface area (TPSA) is 168 Å². The molecule has 12 rings (SSSR count). The Morgan fingerprint density at radius 3 is 1.23 bits per heavy atom. The van der Waals surface area contributed by atoms with Gasteiger partial charge in [-0.1, -0.05) is 83.9 Å². The molecule has 0 atom stereocenters. The fourth-order valence-corrected chi connectivity index (χ4v) is 12.3. The molecule has 6 aromatic carbocycles. The van der Waals surface area contributed by atoms with Crippen molar-refractivity contribution < 1.29 is 0 Å². The van der Waals surface area contributed by atoms with E-state index in [-0.39, 0.29) is 0 Å². The second kappa shape index (κ2) is 29.0. The van der Waals surface area contributed by atoms with Gasteiger partial charge in [0.15, 0.2) is 17.5 Å². The first-order chi connectivity index (χ1) is 40.6. The molecule has 3 aliphatic heterocycles. The maximum atomic E-state index is 9.06. The number of piperazine rings is 3. The predicted molar refractivity (Wildman–Crippen MR) is 336 cm³/mol. The molecule has 420 valence electrons. The number of rotatable bonds is 14. The van der Waals surface area contributed by atoms with E-state index in [0.29, 0.717) is 22.5 Å². The number of aromatic nitrogens is 6. The van der Waals surface area contributed by atoms with E-state index >= 15 is 0 Å². The molecule has 15 nitrogen and oxygen atoms in total. The number of nitriles is 3. The number of anilines is 3. The molecule has 0 saturated carbocycles. The molecule has 20 heteroatoms. The Balaban J connectivity index is 0.000000139. The van der Waals surface area contributed by atoms with Crippen molar-refractivity contribution in [2.45, 2.75) is 26.3 Å². The largest absolute Gasteiger partial charge is 0.344 e. The van der Waals surface area contributed by atoms with Crippen molar-refractivity contribution in [3.8, 4) is 52.4 Å². The summed E-state index contributed by atoms with van der Waals surface area (Å²) >= 11 is 16.2. The molecule has 6 heterocycles. The van der Waals surface area contributed by atoms with Gasteiger partial charge >= 0.3 is 0 Å². The zero-order chi connectivity index (χ0) is 57.3. The van der Waals surface area contributed by atoms with Gasteiger partial charge in [0.2, 0.25) is 15.4 Å². The predicted octanol–water partition coefficient (Wildman–Crippen LogP) is 11.9. The minimum atomic E-state index is 0.628. The van der Waals surface area contributed by atoms with Gasteiger partial charge in [0.1, 0.15) is 0 Å². The van der Waals surface area contributed by atoms with E-state index in [1.165, 1.54) is 56.9 Å². The third kappa shape index (κ3) is 16.3. The Bertz CT molecular complexity index is 3640. The Morgan fingerprint density at radius 1 is 0.422 bits per heavy atom. The minimum absolute atomic E-state index is 0.628. The zero-order valence-electron chi connectivity index (χ0n) is 46.1. The van der Waals surface area contributed by atoms with Crippen LogP contribution in [0.3, 0.4) is 0 Å². The van der Waals surface area contributed by atoms with E-state index < -0.39 is 0 Å². The number of benzene rings is 6. The van der Waals surface area contributed by atoms with Crippen molar-refractivity contribution in [3.05, 3.63) is 195 Å². The van der Waals surface area contributed by atoms with Crippen LogP contribution in [0, 0.1) is 40.9 Å². The lowest BCUT2D eigenvalue weighted by molar-refractivity contribution is 0.249. The van der Waals surface area contributed by atoms with Crippen LogP contribution in [0.4, 0.5) is 15.4 Å². The molecule has 9 aromatic rings. The van der Waals surface area contributed by atoms with Crippen molar-refractivity contribution in [2.24, 2.45) is 0 Å². The molecule has 3 aliphatic rings. The quantitative estimate of drug-likeness (QED) is 0.101. The molecule has 0 unspecified atom stereocenters. The van der Waals surface area contributed by atoms with Crippen LogP contribution in [-0.4, -0.2) is 134 Å². The third-order valence-electron chi connectivity index (χ3n) is 14.9. The van der Waals surface area contributed by atoms with E-state index in [4.69, 9.17) is 53.9 Å². The summed E-state index contributed by atoms with van der Waals surface area (Å²) < 4.78 is 13.5. The van der Waals surface area contributed by atoms with Crippen LogP contribution < -0.4 is 14.7 Å². The number of hydrogen-bond acceptors (Lipinski definition) is 18. The first kappa shape index (κ1) is 58.5. The molecule has 0 aliphatic carbocycles. The minimum Gasteiger partial charge on any atom is -0.344 e. The SMILES string of the molecule is Cc1ccccc1CN1CCN(c2nc(-c3ccc(C#N)cc3)ns2)CC1.N#Cc1ccc(-c2nsc(N3CCN(CCc4ccc(Cl)cc4)CC3)n2)cc1.N#Cc1cccc(-c2nsc(N3CCN(CCc4ccc(Cl)cc4)CC3)n2)c1. The monoisotopic (exact) mass is 1190 g/mol. The summed E-state index contributed by atoms with van der Waals surface area (Å²) in [5.74, 6) is 2.17. The first-order valence-electron chi connectivity index (χ1n) is 27.6. The molecule has 0 radical (unpaired) electrons. The van der Waals surface area contributed by atoms with Crippen molar-refractivity contribution in [1.82, 2.24) is 42.8 Å². The first-order valence-corrected chi connectivity index (χ1v) is 30.7. The molecule has 0 amide bonds. The molecular formula is C63H61Cl2N15S3. The highest BCUT2D eigenvalue weighted by molar-refractivity contribution is 7.10.